The van der Waals surface area contributed by atoms with Crippen molar-refractivity contribution in [1.82, 2.24) is 19.3 Å². The van der Waals surface area contributed by atoms with Gasteiger partial charge in [0, 0.05) is 7.05 Å². The summed E-state index contributed by atoms with van der Waals surface area (Å²) in [5.41, 5.74) is 3.18. The molecule has 1 aromatic carbocycles. The van der Waals surface area contributed by atoms with Crippen LogP contribution in [0.3, 0.4) is 0 Å². The molecule has 18 heavy (non-hydrogen) atoms. The van der Waals surface area contributed by atoms with Gasteiger partial charge in [0.2, 0.25) is 0 Å². The molecule has 0 aliphatic rings. The number of nitrogens with zero attached hydrogens (tertiary/aromatic N) is 4. The van der Waals surface area contributed by atoms with Crippen LogP contribution in [0.4, 0.5) is 0 Å². The maximum atomic E-state index is 11.2. The van der Waals surface area contributed by atoms with Crippen LogP contribution in [-0.4, -0.2) is 25.6 Å². The lowest BCUT2D eigenvalue weighted by Gasteiger charge is -2.05. The first kappa shape index (κ1) is 10.7. The highest BCUT2D eigenvalue weighted by molar-refractivity contribution is 5.84. The molecule has 0 bridgehead atoms. The topological polar surface area (TPSA) is 52.7 Å². The summed E-state index contributed by atoms with van der Waals surface area (Å²) in [7, 11) is 1.82. The summed E-state index contributed by atoms with van der Waals surface area (Å²) in [6.07, 6.45) is 2.56. The second-order valence-electron chi connectivity index (χ2n) is 4.17. The molecule has 3 rings (SSSR count). The number of para-hydroxylation sites is 2. The zero-order valence-corrected chi connectivity index (χ0v) is 10.2. The minimum atomic E-state index is 0.598. The molecule has 0 aliphatic heterocycles. The van der Waals surface area contributed by atoms with Crippen LogP contribution in [0.15, 0.2) is 30.6 Å². The van der Waals surface area contributed by atoms with E-state index in [4.69, 9.17) is 0 Å². The molecule has 0 unspecified atom stereocenters. The first-order valence-electron chi connectivity index (χ1n) is 5.63. The molecule has 3 aromatic rings. The molecule has 0 aliphatic carbocycles. The molecule has 0 saturated heterocycles. The Kier molecular flexibility index (Phi) is 2.26. The monoisotopic (exact) mass is 240 g/mol. The van der Waals surface area contributed by atoms with Gasteiger partial charge in [-0.2, -0.15) is 5.10 Å². The van der Waals surface area contributed by atoms with Gasteiger partial charge >= 0.3 is 0 Å². The van der Waals surface area contributed by atoms with Gasteiger partial charge in [-0.1, -0.05) is 12.1 Å². The van der Waals surface area contributed by atoms with Gasteiger partial charge in [-0.05, 0) is 19.1 Å². The van der Waals surface area contributed by atoms with E-state index >= 15 is 0 Å². The Morgan fingerprint density at radius 3 is 2.83 bits per heavy atom. The molecule has 0 radical (unpaired) electrons. The van der Waals surface area contributed by atoms with Gasteiger partial charge in [0.1, 0.15) is 12.1 Å². The van der Waals surface area contributed by atoms with Gasteiger partial charge in [0.15, 0.2) is 6.29 Å². The van der Waals surface area contributed by atoms with E-state index in [9.17, 15) is 4.79 Å². The predicted octanol–water partition coefficient (Wildman–Crippen LogP) is 1.88. The smallest absolute Gasteiger partial charge is 0.155 e. The number of aryl methyl sites for hydroxylation is 2. The molecule has 5 nitrogen and oxygen atoms in total. The first-order chi connectivity index (χ1) is 8.72. The molecule has 0 spiro atoms. The fourth-order valence-electron chi connectivity index (χ4n) is 2.21. The summed E-state index contributed by atoms with van der Waals surface area (Å²) in [6.45, 7) is 1.83. The highest BCUT2D eigenvalue weighted by Gasteiger charge is 2.16. The van der Waals surface area contributed by atoms with Crippen molar-refractivity contribution in [3.63, 3.8) is 0 Å². The van der Waals surface area contributed by atoms with Crippen molar-refractivity contribution in [1.29, 1.82) is 0 Å². The maximum absolute atomic E-state index is 11.2. The molecule has 0 saturated carbocycles. The Morgan fingerprint density at radius 2 is 2.06 bits per heavy atom. The second kappa shape index (κ2) is 3.80. The van der Waals surface area contributed by atoms with Crippen molar-refractivity contribution in [3.05, 3.63) is 41.9 Å². The number of carbonyl (C=O) groups is 1. The summed E-state index contributed by atoms with van der Waals surface area (Å²) in [5.74, 6) is 0.746. The standard InChI is InChI=1S/C13H12N4O/c1-9-10(7-18)13(16(2)15-9)17-8-14-11-5-3-4-6-12(11)17/h3-8H,1-2H3. The van der Waals surface area contributed by atoms with E-state index in [1.165, 1.54) is 0 Å². The molecule has 0 N–H and O–H groups in total. The van der Waals surface area contributed by atoms with Crippen molar-refractivity contribution < 1.29 is 4.79 Å². The molecular formula is C13H12N4O. The fourth-order valence-corrected chi connectivity index (χ4v) is 2.21. The number of benzene rings is 1. The number of fused-ring (bicyclic) bond motifs is 1. The first-order valence-corrected chi connectivity index (χ1v) is 5.63. The van der Waals surface area contributed by atoms with Crippen molar-refractivity contribution >= 4 is 17.3 Å². The quantitative estimate of drug-likeness (QED) is 0.643. The van der Waals surface area contributed by atoms with Crippen LogP contribution in [0.1, 0.15) is 16.1 Å². The van der Waals surface area contributed by atoms with Gasteiger partial charge in [0.25, 0.3) is 0 Å². The highest BCUT2D eigenvalue weighted by atomic mass is 16.1. The van der Waals surface area contributed by atoms with E-state index in [2.05, 4.69) is 10.1 Å². The Balaban J connectivity index is 2.36. The van der Waals surface area contributed by atoms with Crippen molar-refractivity contribution in [2.45, 2.75) is 6.92 Å². The SMILES string of the molecule is Cc1nn(C)c(-n2cnc3ccccc32)c1C=O. The zero-order valence-electron chi connectivity index (χ0n) is 10.2. The summed E-state index contributed by atoms with van der Waals surface area (Å²) in [6, 6.07) is 7.80. The normalized spacial score (nSPS) is 11.0. The van der Waals surface area contributed by atoms with Gasteiger partial charge in [-0.3, -0.25) is 14.0 Å². The number of aromatic nitrogens is 4. The fraction of sp³-hybridized carbons (Fsp3) is 0.154. The molecule has 5 heteroatoms. The number of hydrogen-bond acceptors (Lipinski definition) is 3. The molecule has 2 aromatic heterocycles. The van der Waals surface area contributed by atoms with Gasteiger partial charge in [0.05, 0.1) is 22.3 Å². The van der Waals surface area contributed by atoms with Gasteiger partial charge in [-0.25, -0.2) is 4.98 Å². The van der Waals surface area contributed by atoms with Crippen LogP contribution in [0.25, 0.3) is 16.9 Å². The number of hydrogen-bond donors (Lipinski definition) is 0. The average Bonchev–Trinajstić information content (AvgIpc) is 2.89. The van der Waals surface area contributed by atoms with Crippen LogP contribution in [0.5, 0.6) is 0 Å². The number of carbonyl (C=O) groups excluding carboxylic acids is 1. The predicted molar refractivity (Wildman–Crippen MR) is 68.0 cm³/mol. The molecule has 0 atom stereocenters. The Bertz CT molecular complexity index is 739. The minimum Gasteiger partial charge on any atom is -0.298 e. The largest absolute Gasteiger partial charge is 0.298 e. The lowest BCUT2D eigenvalue weighted by atomic mass is 10.2. The molecule has 90 valence electrons. The Morgan fingerprint density at radius 1 is 1.28 bits per heavy atom. The van der Waals surface area contributed by atoms with Crippen LogP contribution in [0.2, 0.25) is 0 Å². The summed E-state index contributed by atoms with van der Waals surface area (Å²) >= 11 is 0. The van der Waals surface area contributed by atoms with E-state index in [0.29, 0.717) is 5.56 Å². The summed E-state index contributed by atoms with van der Waals surface area (Å²) in [5, 5.41) is 4.28. The number of imidazole rings is 1. The van der Waals surface area contributed by atoms with Crippen molar-refractivity contribution in [2.75, 3.05) is 0 Å². The van der Waals surface area contributed by atoms with Crippen molar-refractivity contribution in [2.24, 2.45) is 7.05 Å². The lowest BCUT2D eigenvalue weighted by molar-refractivity contribution is 0.112. The van der Waals surface area contributed by atoms with E-state index in [0.717, 1.165) is 28.8 Å². The average molecular weight is 240 g/mol. The van der Waals surface area contributed by atoms with Crippen LogP contribution >= 0.6 is 0 Å². The zero-order chi connectivity index (χ0) is 12.7. The summed E-state index contributed by atoms with van der Waals surface area (Å²) < 4.78 is 3.59. The highest BCUT2D eigenvalue weighted by Crippen LogP contribution is 2.21. The number of aldehydes is 1. The minimum absolute atomic E-state index is 0.598. The van der Waals surface area contributed by atoms with Crippen LogP contribution < -0.4 is 0 Å². The van der Waals surface area contributed by atoms with Gasteiger partial charge < -0.3 is 0 Å². The molecule has 0 fully saturated rings. The van der Waals surface area contributed by atoms with E-state index in [-0.39, 0.29) is 0 Å². The molecule has 2 heterocycles. The third-order valence-electron chi connectivity index (χ3n) is 3.04. The lowest BCUT2D eigenvalue weighted by Crippen LogP contribution is -2.03. The van der Waals surface area contributed by atoms with Crippen LogP contribution in [-0.2, 0) is 7.05 Å². The van der Waals surface area contributed by atoms with E-state index in [1.54, 1.807) is 11.0 Å². The van der Waals surface area contributed by atoms with Gasteiger partial charge in [-0.15, -0.1) is 0 Å². The third-order valence-corrected chi connectivity index (χ3v) is 3.04. The van der Waals surface area contributed by atoms with E-state index < -0.39 is 0 Å². The number of rotatable bonds is 2. The Labute approximate surface area is 104 Å². The maximum Gasteiger partial charge on any atom is 0.155 e. The molecular weight excluding hydrogens is 228 g/mol. The summed E-state index contributed by atoms with van der Waals surface area (Å²) in [4.78, 5) is 15.5. The van der Waals surface area contributed by atoms with E-state index in [1.807, 2.05) is 42.8 Å². The van der Waals surface area contributed by atoms with Crippen LogP contribution in [0, 0.1) is 6.92 Å². The molecule has 0 amide bonds. The van der Waals surface area contributed by atoms with Crippen molar-refractivity contribution in [3.8, 4) is 5.82 Å². The Hall–Kier alpha value is -2.43. The second-order valence-corrected chi connectivity index (χ2v) is 4.17. The third kappa shape index (κ3) is 1.37.